The number of ether oxygens (including phenoxy) is 2. The van der Waals surface area contributed by atoms with Crippen molar-refractivity contribution in [1.29, 1.82) is 0 Å². The van der Waals surface area contributed by atoms with E-state index in [2.05, 4.69) is 0 Å². The van der Waals surface area contributed by atoms with Crippen molar-refractivity contribution in [3.63, 3.8) is 0 Å². The number of aliphatic hydroxyl groups is 5. The number of carbonyl (C=O) groups excluding carboxylic acids is 1. The van der Waals surface area contributed by atoms with E-state index in [4.69, 9.17) is 9.47 Å². The molecule has 0 saturated carbocycles. The van der Waals surface area contributed by atoms with Crippen LogP contribution in [0.3, 0.4) is 0 Å². The highest BCUT2D eigenvalue weighted by Gasteiger charge is 2.45. The molecule has 8 N–H and O–H groups in total. The molecule has 5 unspecified atom stereocenters. The van der Waals surface area contributed by atoms with Crippen LogP contribution in [0.1, 0.15) is 31.8 Å². The summed E-state index contributed by atoms with van der Waals surface area (Å²) in [6.07, 6.45) is -8.25. The van der Waals surface area contributed by atoms with Gasteiger partial charge < -0.3 is 50.3 Å². The number of rotatable bonds is 7. The fourth-order valence-corrected chi connectivity index (χ4v) is 3.44. The average Bonchev–Trinajstić information content (AvgIpc) is 2.78. The van der Waals surface area contributed by atoms with Gasteiger partial charge in [-0.05, 0) is 29.8 Å². The quantitative estimate of drug-likeness (QED) is 0.224. The van der Waals surface area contributed by atoms with Crippen molar-refractivity contribution in [2.24, 2.45) is 0 Å². The number of ketones is 1. The monoisotopic (exact) mass is 466 g/mol. The number of carboxylic acid groups (broad SMARTS) is 1. The second-order valence-electron chi connectivity index (χ2n) is 7.30. The molecular formula is C21H22O12. The number of carbonyl (C=O) groups is 2. The van der Waals surface area contributed by atoms with Crippen molar-refractivity contribution < 1.29 is 59.9 Å². The Bertz CT molecular complexity index is 1050. The molecule has 2 aromatic rings. The first-order chi connectivity index (χ1) is 15.6. The topological polar surface area (TPSA) is 214 Å². The van der Waals surface area contributed by atoms with Crippen LogP contribution in [0.4, 0.5) is 0 Å². The molecule has 1 fully saturated rings. The van der Waals surface area contributed by atoms with Crippen LogP contribution in [0.2, 0.25) is 0 Å². The van der Waals surface area contributed by atoms with Gasteiger partial charge in [0.05, 0.1) is 24.3 Å². The molecule has 12 nitrogen and oxygen atoms in total. The van der Waals surface area contributed by atoms with Crippen molar-refractivity contribution in [1.82, 2.24) is 0 Å². The zero-order valence-corrected chi connectivity index (χ0v) is 16.9. The fourth-order valence-electron chi connectivity index (χ4n) is 3.44. The Morgan fingerprint density at radius 3 is 2.24 bits per heavy atom. The molecule has 1 aliphatic rings. The SMILES string of the molecule is O=C(O)c1cc(CO)cc(O)c1C(=O)c1c(O)cccc1OC1OC(CO)C(O)C(O)C1O. The van der Waals surface area contributed by atoms with Gasteiger partial charge in [-0.1, -0.05) is 6.07 Å². The molecule has 3 rings (SSSR count). The average molecular weight is 466 g/mol. The molecule has 33 heavy (non-hydrogen) atoms. The van der Waals surface area contributed by atoms with E-state index in [-0.39, 0.29) is 5.56 Å². The number of phenols is 2. The van der Waals surface area contributed by atoms with Gasteiger partial charge in [0.1, 0.15) is 47.2 Å². The number of hydrogen-bond donors (Lipinski definition) is 8. The lowest BCUT2D eigenvalue weighted by molar-refractivity contribution is -0.277. The summed E-state index contributed by atoms with van der Waals surface area (Å²) < 4.78 is 10.7. The van der Waals surface area contributed by atoms with Gasteiger partial charge in [0.2, 0.25) is 12.1 Å². The molecule has 0 bridgehead atoms. The zero-order valence-electron chi connectivity index (χ0n) is 16.9. The Labute approximate surface area is 186 Å². The van der Waals surface area contributed by atoms with Gasteiger partial charge >= 0.3 is 5.97 Å². The van der Waals surface area contributed by atoms with E-state index in [1.54, 1.807) is 0 Å². The third-order valence-electron chi connectivity index (χ3n) is 5.14. The lowest BCUT2D eigenvalue weighted by Crippen LogP contribution is -2.60. The molecule has 2 aromatic carbocycles. The first-order valence-electron chi connectivity index (χ1n) is 9.64. The molecule has 0 amide bonds. The molecule has 178 valence electrons. The highest BCUT2D eigenvalue weighted by molar-refractivity contribution is 6.18. The first kappa shape index (κ1) is 24.4. The Morgan fingerprint density at radius 1 is 0.939 bits per heavy atom. The van der Waals surface area contributed by atoms with Gasteiger partial charge in [0.15, 0.2) is 0 Å². The summed E-state index contributed by atoms with van der Waals surface area (Å²) in [5.41, 5.74) is -1.91. The van der Waals surface area contributed by atoms with Gasteiger partial charge in [-0.25, -0.2) is 4.79 Å². The molecule has 1 aliphatic heterocycles. The maximum atomic E-state index is 13.2. The summed E-state index contributed by atoms with van der Waals surface area (Å²) in [6, 6.07) is 5.49. The number of aliphatic hydroxyl groups excluding tert-OH is 5. The Morgan fingerprint density at radius 2 is 1.64 bits per heavy atom. The lowest BCUT2D eigenvalue weighted by atomic mass is 9.94. The second-order valence-corrected chi connectivity index (χ2v) is 7.30. The van der Waals surface area contributed by atoms with Crippen molar-refractivity contribution in [2.75, 3.05) is 6.61 Å². The number of carboxylic acids is 1. The largest absolute Gasteiger partial charge is 0.507 e. The summed E-state index contributed by atoms with van der Waals surface area (Å²) in [7, 11) is 0. The normalized spacial score (nSPS) is 24.9. The predicted molar refractivity (Wildman–Crippen MR) is 107 cm³/mol. The fraction of sp³-hybridized carbons (Fsp3) is 0.333. The second kappa shape index (κ2) is 9.70. The highest BCUT2D eigenvalue weighted by atomic mass is 16.7. The molecule has 12 heteroatoms. The first-order valence-corrected chi connectivity index (χ1v) is 9.64. The number of benzene rings is 2. The lowest BCUT2D eigenvalue weighted by Gasteiger charge is -2.39. The van der Waals surface area contributed by atoms with Crippen LogP contribution in [0.5, 0.6) is 17.2 Å². The number of aromatic hydroxyl groups is 2. The minimum Gasteiger partial charge on any atom is -0.507 e. The maximum Gasteiger partial charge on any atom is 0.336 e. The molecule has 0 spiro atoms. The Balaban J connectivity index is 2.05. The zero-order chi connectivity index (χ0) is 24.4. The van der Waals surface area contributed by atoms with Crippen molar-refractivity contribution in [3.05, 3.63) is 52.6 Å². The molecule has 0 radical (unpaired) electrons. The number of phenolic OH excluding ortho intramolecular Hbond substituents is 2. The van der Waals surface area contributed by atoms with Gasteiger partial charge in [0, 0.05) is 0 Å². The van der Waals surface area contributed by atoms with Gasteiger partial charge in [-0.3, -0.25) is 4.79 Å². The van der Waals surface area contributed by atoms with E-state index in [1.165, 1.54) is 12.1 Å². The van der Waals surface area contributed by atoms with Crippen molar-refractivity contribution in [2.45, 2.75) is 37.3 Å². The molecule has 0 aromatic heterocycles. The molecule has 5 atom stereocenters. The Kier molecular flexibility index (Phi) is 7.17. The van der Waals surface area contributed by atoms with Crippen LogP contribution >= 0.6 is 0 Å². The summed E-state index contributed by atoms with van der Waals surface area (Å²) in [6.45, 7) is -1.34. The van der Waals surface area contributed by atoms with Crippen molar-refractivity contribution >= 4 is 11.8 Å². The molecule has 1 heterocycles. The standard InChI is InChI=1S/C21H22O12/c22-6-8-4-9(20(30)31)14(11(25)5-8)17(27)15-10(24)2-1-3-12(15)32-21-19(29)18(28)16(26)13(7-23)33-21/h1-5,13,16,18-19,21-26,28-29H,6-7H2,(H,30,31). The summed E-state index contributed by atoms with van der Waals surface area (Å²) in [5, 5.41) is 78.7. The van der Waals surface area contributed by atoms with E-state index in [1.807, 2.05) is 0 Å². The third kappa shape index (κ3) is 4.61. The van der Waals surface area contributed by atoms with Crippen LogP contribution in [0.15, 0.2) is 30.3 Å². The van der Waals surface area contributed by atoms with Crippen molar-refractivity contribution in [3.8, 4) is 17.2 Å². The van der Waals surface area contributed by atoms with E-state index < -0.39 is 89.6 Å². The smallest absolute Gasteiger partial charge is 0.336 e. The van der Waals surface area contributed by atoms with E-state index >= 15 is 0 Å². The minimum absolute atomic E-state index is 0.0246. The van der Waals surface area contributed by atoms with Gasteiger partial charge in [-0.15, -0.1) is 0 Å². The van der Waals surface area contributed by atoms with E-state index in [0.29, 0.717) is 0 Å². The predicted octanol–water partition coefficient (Wildman–Crippen LogP) is -1.30. The Hall–Kier alpha value is -3.26. The van der Waals surface area contributed by atoms with Crippen LogP contribution in [-0.2, 0) is 11.3 Å². The van der Waals surface area contributed by atoms with Crippen LogP contribution in [0.25, 0.3) is 0 Å². The molecular weight excluding hydrogens is 444 g/mol. The summed E-state index contributed by atoms with van der Waals surface area (Å²) >= 11 is 0. The third-order valence-corrected chi connectivity index (χ3v) is 5.14. The van der Waals surface area contributed by atoms with Crippen LogP contribution < -0.4 is 4.74 Å². The van der Waals surface area contributed by atoms with Gasteiger partial charge in [0.25, 0.3) is 0 Å². The summed E-state index contributed by atoms with van der Waals surface area (Å²) in [4.78, 5) is 24.9. The van der Waals surface area contributed by atoms with E-state index in [9.17, 15) is 50.4 Å². The summed E-state index contributed by atoms with van der Waals surface area (Å²) in [5.74, 6) is -4.59. The van der Waals surface area contributed by atoms with Gasteiger partial charge in [-0.2, -0.15) is 0 Å². The van der Waals surface area contributed by atoms with Crippen LogP contribution in [-0.4, -0.2) is 89.9 Å². The highest BCUT2D eigenvalue weighted by Crippen LogP contribution is 2.36. The number of hydrogen-bond acceptors (Lipinski definition) is 11. The molecule has 1 saturated heterocycles. The van der Waals surface area contributed by atoms with E-state index in [0.717, 1.165) is 18.2 Å². The number of aromatic carboxylic acids is 1. The maximum absolute atomic E-state index is 13.2. The van der Waals surface area contributed by atoms with Crippen LogP contribution in [0, 0.1) is 0 Å². The minimum atomic E-state index is -1.82. The molecule has 0 aliphatic carbocycles.